The quantitative estimate of drug-likeness (QED) is 0.908. The van der Waals surface area contributed by atoms with Crippen molar-refractivity contribution < 1.29 is 21.6 Å². The van der Waals surface area contributed by atoms with Crippen molar-refractivity contribution in [3.05, 3.63) is 41.2 Å². The summed E-state index contributed by atoms with van der Waals surface area (Å²) >= 11 is 0. The van der Waals surface area contributed by atoms with Gasteiger partial charge in [0.25, 0.3) is 0 Å². The molecule has 0 unspecified atom stereocenters. The molecule has 0 spiro atoms. The molecule has 0 saturated heterocycles. The Labute approximate surface area is 131 Å². The van der Waals surface area contributed by atoms with Crippen molar-refractivity contribution >= 4 is 10.0 Å². The normalized spacial score (nSPS) is 15.5. The summed E-state index contributed by atoms with van der Waals surface area (Å²) in [5.74, 6) is 0. The summed E-state index contributed by atoms with van der Waals surface area (Å²) in [6.07, 6.45) is -2.16. The summed E-state index contributed by atoms with van der Waals surface area (Å²) in [7, 11) is -3.89. The van der Waals surface area contributed by atoms with E-state index in [4.69, 9.17) is 5.14 Å². The molecule has 0 bridgehead atoms. The van der Waals surface area contributed by atoms with Gasteiger partial charge in [0.2, 0.25) is 10.0 Å². The fourth-order valence-electron chi connectivity index (χ4n) is 2.81. The van der Waals surface area contributed by atoms with Gasteiger partial charge in [0.15, 0.2) is 5.69 Å². The second kappa shape index (κ2) is 5.34. The van der Waals surface area contributed by atoms with Gasteiger partial charge >= 0.3 is 6.18 Å². The van der Waals surface area contributed by atoms with E-state index in [2.05, 4.69) is 5.10 Å². The molecule has 3 rings (SSSR count). The van der Waals surface area contributed by atoms with Crippen LogP contribution in [0.2, 0.25) is 0 Å². The van der Waals surface area contributed by atoms with Crippen LogP contribution in [0.3, 0.4) is 0 Å². The lowest BCUT2D eigenvalue weighted by atomic mass is 9.96. The molecule has 1 aromatic carbocycles. The first-order chi connectivity index (χ1) is 10.7. The second-order valence-electron chi connectivity index (χ2n) is 5.43. The van der Waals surface area contributed by atoms with Crippen LogP contribution in [-0.4, -0.2) is 18.2 Å². The third-order valence-corrected chi connectivity index (χ3v) is 4.76. The van der Waals surface area contributed by atoms with Crippen LogP contribution in [0.15, 0.2) is 29.2 Å². The van der Waals surface area contributed by atoms with Crippen LogP contribution < -0.4 is 5.14 Å². The lowest BCUT2D eigenvalue weighted by Crippen LogP contribution is -2.16. The first-order valence-electron chi connectivity index (χ1n) is 6.99. The van der Waals surface area contributed by atoms with Crippen molar-refractivity contribution in [1.29, 1.82) is 0 Å². The van der Waals surface area contributed by atoms with E-state index in [9.17, 15) is 21.6 Å². The van der Waals surface area contributed by atoms with Gasteiger partial charge in [-0.3, -0.25) is 0 Å². The van der Waals surface area contributed by atoms with Crippen molar-refractivity contribution in [3.63, 3.8) is 0 Å². The third-order valence-electron chi connectivity index (χ3n) is 3.84. The van der Waals surface area contributed by atoms with Crippen molar-refractivity contribution in [2.45, 2.75) is 36.8 Å². The van der Waals surface area contributed by atoms with Crippen molar-refractivity contribution in [2.75, 3.05) is 0 Å². The van der Waals surface area contributed by atoms with E-state index in [0.29, 0.717) is 25.0 Å². The number of aromatic nitrogens is 2. The number of hydrogen-bond acceptors (Lipinski definition) is 3. The molecule has 0 amide bonds. The largest absolute Gasteiger partial charge is 0.433 e. The SMILES string of the molecule is NS(=O)(=O)c1ccc(-n2nc3c(c2C(F)(F)F)CCCC3)cc1. The zero-order chi connectivity index (χ0) is 16.8. The maximum Gasteiger partial charge on any atom is 0.433 e. The molecule has 5 nitrogen and oxygen atoms in total. The fourth-order valence-corrected chi connectivity index (χ4v) is 3.32. The summed E-state index contributed by atoms with van der Waals surface area (Å²) in [4.78, 5) is -0.160. The molecule has 2 aromatic rings. The van der Waals surface area contributed by atoms with Crippen LogP contribution in [-0.2, 0) is 29.0 Å². The van der Waals surface area contributed by atoms with Crippen LogP contribution in [0.5, 0.6) is 0 Å². The standard InChI is InChI=1S/C14H14F3N3O2S/c15-14(16,17)13-11-3-1-2-4-12(11)19-20(13)9-5-7-10(8-6-9)23(18,21)22/h5-8H,1-4H2,(H2,18,21,22). The molecule has 1 aliphatic carbocycles. The molecule has 0 atom stereocenters. The Morgan fingerprint density at radius 3 is 2.26 bits per heavy atom. The smallest absolute Gasteiger partial charge is 0.228 e. The Hall–Kier alpha value is -1.87. The Morgan fingerprint density at radius 2 is 1.70 bits per heavy atom. The Bertz CT molecular complexity index is 839. The topological polar surface area (TPSA) is 78.0 Å². The maximum absolute atomic E-state index is 13.4. The van der Waals surface area contributed by atoms with Gasteiger partial charge in [-0.15, -0.1) is 0 Å². The highest BCUT2D eigenvalue weighted by molar-refractivity contribution is 7.89. The average Bonchev–Trinajstić information content (AvgIpc) is 2.86. The number of alkyl halides is 3. The van der Waals surface area contributed by atoms with E-state index in [1.807, 2.05) is 0 Å². The molecule has 23 heavy (non-hydrogen) atoms. The maximum atomic E-state index is 13.4. The predicted octanol–water partition coefficient (Wildman–Crippen LogP) is 2.42. The van der Waals surface area contributed by atoms with E-state index < -0.39 is 21.9 Å². The molecular formula is C14H14F3N3O2S. The minimum Gasteiger partial charge on any atom is -0.228 e. The molecule has 1 aliphatic rings. The highest BCUT2D eigenvalue weighted by Gasteiger charge is 2.40. The monoisotopic (exact) mass is 345 g/mol. The molecule has 0 saturated carbocycles. The molecule has 124 valence electrons. The van der Waals surface area contributed by atoms with Crippen LogP contribution in [0.25, 0.3) is 5.69 Å². The van der Waals surface area contributed by atoms with Crippen LogP contribution in [0.1, 0.15) is 29.8 Å². The molecule has 9 heteroatoms. The molecular weight excluding hydrogens is 331 g/mol. The number of sulfonamides is 1. The van der Waals surface area contributed by atoms with Gasteiger partial charge in [-0.1, -0.05) is 0 Å². The highest BCUT2D eigenvalue weighted by atomic mass is 32.2. The average molecular weight is 345 g/mol. The molecule has 1 aromatic heterocycles. The van der Waals surface area contributed by atoms with E-state index >= 15 is 0 Å². The van der Waals surface area contributed by atoms with Gasteiger partial charge in [0.05, 0.1) is 16.3 Å². The Balaban J connectivity index is 2.14. The second-order valence-corrected chi connectivity index (χ2v) is 6.99. The molecule has 0 aliphatic heterocycles. The predicted molar refractivity (Wildman–Crippen MR) is 76.6 cm³/mol. The minimum absolute atomic E-state index is 0.152. The number of rotatable bonds is 2. The van der Waals surface area contributed by atoms with Gasteiger partial charge in [0, 0.05) is 5.56 Å². The van der Waals surface area contributed by atoms with Gasteiger partial charge < -0.3 is 0 Å². The number of primary sulfonamides is 1. The minimum atomic E-state index is -4.53. The number of benzene rings is 1. The van der Waals surface area contributed by atoms with Crippen LogP contribution in [0.4, 0.5) is 13.2 Å². The van der Waals surface area contributed by atoms with Crippen LogP contribution >= 0.6 is 0 Å². The summed E-state index contributed by atoms with van der Waals surface area (Å²) in [5, 5.41) is 9.09. The number of aryl methyl sites for hydroxylation is 1. The summed E-state index contributed by atoms with van der Waals surface area (Å²) in [6, 6.07) is 4.89. The van der Waals surface area contributed by atoms with E-state index in [1.54, 1.807) is 0 Å². The molecule has 2 N–H and O–H groups in total. The lowest BCUT2D eigenvalue weighted by molar-refractivity contribution is -0.143. The lowest BCUT2D eigenvalue weighted by Gasteiger charge is -2.14. The van der Waals surface area contributed by atoms with Gasteiger partial charge in [-0.05, 0) is 49.9 Å². The number of fused-ring (bicyclic) bond motifs is 1. The van der Waals surface area contributed by atoms with E-state index in [-0.39, 0.29) is 16.1 Å². The number of nitrogens with zero attached hydrogens (tertiary/aromatic N) is 2. The number of halogens is 3. The van der Waals surface area contributed by atoms with Crippen LogP contribution in [0, 0.1) is 0 Å². The summed E-state index contributed by atoms with van der Waals surface area (Å²) in [5.41, 5.74) is 0.0630. The molecule has 0 radical (unpaired) electrons. The molecule has 0 fully saturated rings. The Morgan fingerprint density at radius 1 is 1.09 bits per heavy atom. The van der Waals surface area contributed by atoms with Gasteiger partial charge in [-0.2, -0.15) is 18.3 Å². The number of nitrogens with two attached hydrogens (primary N) is 1. The first-order valence-corrected chi connectivity index (χ1v) is 8.54. The first kappa shape index (κ1) is 16.0. The van der Waals surface area contributed by atoms with Crippen molar-refractivity contribution in [3.8, 4) is 5.69 Å². The zero-order valence-electron chi connectivity index (χ0n) is 12.0. The number of hydrogen-bond donors (Lipinski definition) is 1. The Kier molecular flexibility index (Phi) is 3.72. The van der Waals surface area contributed by atoms with E-state index in [1.165, 1.54) is 24.3 Å². The van der Waals surface area contributed by atoms with Gasteiger partial charge in [0.1, 0.15) is 0 Å². The molecule has 1 heterocycles. The zero-order valence-corrected chi connectivity index (χ0v) is 12.8. The van der Waals surface area contributed by atoms with Gasteiger partial charge in [-0.25, -0.2) is 18.2 Å². The van der Waals surface area contributed by atoms with Crippen molar-refractivity contribution in [2.24, 2.45) is 5.14 Å². The third kappa shape index (κ3) is 2.98. The fraction of sp³-hybridized carbons (Fsp3) is 0.357. The summed E-state index contributed by atoms with van der Waals surface area (Å²) < 4.78 is 63.7. The highest BCUT2D eigenvalue weighted by Crippen LogP contribution is 2.37. The summed E-state index contributed by atoms with van der Waals surface area (Å²) in [6.45, 7) is 0. The van der Waals surface area contributed by atoms with Crippen molar-refractivity contribution in [1.82, 2.24) is 9.78 Å². The van der Waals surface area contributed by atoms with E-state index in [0.717, 1.165) is 11.1 Å².